The Labute approximate surface area is 598 Å². The Bertz CT molecular complexity index is 2110. The first kappa shape index (κ1) is 92.9. The van der Waals surface area contributed by atoms with Gasteiger partial charge in [-0.2, -0.15) is 0 Å². The third-order valence-electron chi connectivity index (χ3n) is 17.2. The van der Waals surface area contributed by atoms with Crippen molar-refractivity contribution >= 4 is 19.8 Å². The van der Waals surface area contributed by atoms with E-state index in [1.54, 1.807) is 0 Å². The average molecular weight is 1370 g/mol. The van der Waals surface area contributed by atoms with E-state index in [-0.39, 0.29) is 38.6 Å². The molecule has 3 N–H and O–H groups in total. The molecule has 2 atom stereocenters. The van der Waals surface area contributed by atoms with E-state index in [1.807, 2.05) is 0 Å². The van der Waals surface area contributed by atoms with Crippen LogP contribution in [0.3, 0.4) is 0 Å². The van der Waals surface area contributed by atoms with E-state index in [9.17, 15) is 19.0 Å². The summed E-state index contributed by atoms with van der Waals surface area (Å²) in [7, 11) is -4.40. The Kier molecular flexibility index (Phi) is 77.4. The summed E-state index contributed by atoms with van der Waals surface area (Å²) in [6.07, 6.45) is 117. The maximum atomic E-state index is 12.8. The molecular weight excluding hydrogens is 1220 g/mol. The minimum absolute atomic E-state index is 0.0500. The summed E-state index contributed by atoms with van der Waals surface area (Å²) < 4.78 is 33.3. The second-order valence-corrected chi connectivity index (χ2v) is 28.0. The first-order valence-corrected chi connectivity index (χ1v) is 41.8. The third-order valence-corrected chi connectivity index (χ3v) is 18.2. The molecule has 10 heteroatoms. The Balaban J connectivity index is 3.80. The third kappa shape index (κ3) is 80.8. The van der Waals surface area contributed by atoms with E-state index in [4.69, 9.17) is 24.3 Å². The van der Waals surface area contributed by atoms with Crippen molar-refractivity contribution in [2.24, 2.45) is 5.73 Å². The quantitative estimate of drug-likeness (QED) is 0.0264. The van der Waals surface area contributed by atoms with Crippen molar-refractivity contribution < 1.29 is 37.6 Å². The smallest absolute Gasteiger partial charge is 0.462 e. The highest BCUT2D eigenvalue weighted by Gasteiger charge is 2.26. The van der Waals surface area contributed by atoms with Gasteiger partial charge in [-0.05, 0) is 116 Å². The monoisotopic (exact) mass is 1370 g/mol. The molecule has 2 unspecified atom stereocenters. The molecule has 0 aromatic heterocycles. The van der Waals surface area contributed by atoms with E-state index >= 15 is 0 Å². The van der Waals surface area contributed by atoms with Gasteiger partial charge in [0.2, 0.25) is 0 Å². The fraction of sp³-hybridized carbons (Fsp3) is 0.701. The number of phosphoric ester groups is 1. The average Bonchev–Trinajstić information content (AvgIpc) is 2.69. The van der Waals surface area contributed by atoms with Gasteiger partial charge < -0.3 is 20.1 Å². The molecule has 0 saturated carbocycles. The largest absolute Gasteiger partial charge is 0.472 e. The lowest BCUT2D eigenvalue weighted by atomic mass is 10.0. The van der Waals surface area contributed by atoms with Gasteiger partial charge in [-0.3, -0.25) is 18.6 Å². The minimum atomic E-state index is -4.40. The predicted molar refractivity (Wildman–Crippen MR) is 422 cm³/mol. The molecule has 0 rings (SSSR count). The number of hydrogen-bond acceptors (Lipinski definition) is 8. The number of unbranched alkanes of at least 4 members (excludes halogenated alkanes) is 38. The molecule has 0 amide bonds. The number of carbonyl (C=O) groups excluding carboxylic acids is 2. The van der Waals surface area contributed by atoms with Crippen LogP contribution in [0.25, 0.3) is 0 Å². The number of carbonyl (C=O) groups is 2. The van der Waals surface area contributed by atoms with E-state index in [0.29, 0.717) is 6.42 Å². The van der Waals surface area contributed by atoms with Gasteiger partial charge in [-0.15, -0.1) is 0 Å². The van der Waals surface area contributed by atoms with Gasteiger partial charge in [0.1, 0.15) is 6.61 Å². The zero-order valence-electron chi connectivity index (χ0n) is 62.8. The molecule has 97 heavy (non-hydrogen) atoms. The lowest BCUT2D eigenvalue weighted by molar-refractivity contribution is -0.161. The molecular formula is C87H150NO8P. The molecule has 0 aromatic carbocycles. The summed E-state index contributed by atoms with van der Waals surface area (Å²) in [4.78, 5) is 35.5. The van der Waals surface area contributed by atoms with Crippen molar-refractivity contribution in [2.45, 2.75) is 367 Å². The maximum absolute atomic E-state index is 12.8. The van der Waals surface area contributed by atoms with Gasteiger partial charge in [0, 0.05) is 19.4 Å². The van der Waals surface area contributed by atoms with Crippen LogP contribution in [-0.2, 0) is 32.7 Å². The second kappa shape index (κ2) is 80.9. The van der Waals surface area contributed by atoms with Gasteiger partial charge in [-0.25, -0.2) is 4.57 Å². The van der Waals surface area contributed by atoms with Crippen LogP contribution >= 0.6 is 7.82 Å². The van der Waals surface area contributed by atoms with Gasteiger partial charge in [0.25, 0.3) is 0 Å². The van der Waals surface area contributed by atoms with E-state index in [1.165, 1.54) is 212 Å². The molecule has 0 aliphatic heterocycles. The highest BCUT2D eigenvalue weighted by molar-refractivity contribution is 7.47. The van der Waals surface area contributed by atoms with Crippen molar-refractivity contribution in [3.8, 4) is 0 Å². The normalized spacial score (nSPS) is 13.6. The van der Waals surface area contributed by atoms with Crippen LogP contribution in [0.1, 0.15) is 361 Å². The summed E-state index contributed by atoms with van der Waals surface area (Å²) in [6, 6.07) is 0. The van der Waals surface area contributed by atoms with Crippen LogP contribution in [0.2, 0.25) is 0 Å². The zero-order chi connectivity index (χ0) is 70.0. The van der Waals surface area contributed by atoms with Crippen molar-refractivity contribution in [2.75, 3.05) is 26.4 Å². The highest BCUT2D eigenvalue weighted by atomic mass is 31.2. The lowest BCUT2D eigenvalue weighted by Crippen LogP contribution is -2.29. The van der Waals surface area contributed by atoms with Crippen LogP contribution in [0, 0.1) is 0 Å². The Morgan fingerprint density at radius 1 is 0.309 bits per heavy atom. The van der Waals surface area contributed by atoms with Gasteiger partial charge in [-0.1, -0.05) is 378 Å². The van der Waals surface area contributed by atoms with Gasteiger partial charge >= 0.3 is 19.8 Å². The number of esters is 2. The molecule has 0 spiro atoms. The van der Waals surface area contributed by atoms with E-state index in [0.717, 1.165) is 116 Å². The molecule has 0 aliphatic rings. The Hall–Kier alpha value is -4.11. The van der Waals surface area contributed by atoms with Crippen molar-refractivity contribution in [1.82, 2.24) is 0 Å². The summed E-state index contributed by atoms with van der Waals surface area (Å²) >= 11 is 0. The van der Waals surface area contributed by atoms with Crippen molar-refractivity contribution in [3.05, 3.63) is 146 Å². The summed E-state index contributed by atoms with van der Waals surface area (Å²) in [5.41, 5.74) is 5.42. The number of hydrogen-bond donors (Lipinski definition) is 2. The molecule has 9 nitrogen and oxygen atoms in total. The predicted octanol–water partition coefficient (Wildman–Crippen LogP) is 27.3. The Morgan fingerprint density at radius 3 is 0.794 bits per heavy atom. The van der Waals surface area contributed by atoms with Crippen LogP contribution in [0.15, 0.2) is 146 Å². The number of rotatable bonds is 75. The first-order chi connectivity index (χ1) is 47.8. The standard InChI is InChI=1S/C87H150NO8P/c1-3-5-7-9-11-13-15-17-19-21-23-25-27-29-31-33-35-37-39-40-41-42-43-44-46-47-49-51-53-55-57-59-61-63-65-67-69-71-73-75-77-79-86(89)93-83-85(84-95-97(91,92)94-82-81-88)96-87(90)80-78-76-74-72-70-68-66-64-62-60-58-56-54-52-50-48-45-38-36-34-32-30-28-26-24-22-20-18-16-14-12-10-8-6-4-2/h5-8,11-14,17-20,23-26,29-32,36,38,48,50,85H,3-4,9-10,15-16,21-22,27-28,33-35,37,39-47,49,51-84,88H2,1-2H3,(H,91,92)/b7-5-,8-6-,13-11-,14-12-,19-17-,20-18-,25-23-,26-24-,31-29-,32-30-,38-36-,50-48-. The van der Waals surface area contributed by atoms with Crippen LogP contribution in [0.5, 0.6) is 0 Å². The summed E-state index contributed by atoms with van der Waals surface area (Å²) in [5.74, 6) is -0.819. The van der Waals surface area contributed by atoms with Crippen LogP contribution < -0.4 is 5.73 Å². The molecule has 0 aliphatic carbocycles. The summed E-state index contributed by atoms with van der Waals surface area (Å²) in [6.45, 7) is 3.55. The fourth-order valence-corrected chi connectivity index (χ4v) is 12.1. The maximum Gasteiger partial charge on any atom is 0.472 e. The zero-order valence-corrected chi connectivity index (χ0v) is 63.7. The molecule has 556 valence electrons. The number of phosphoric acid groups is 1. The number of nitrogens with two attached hydrogens (primary N) is 1. The van der Waals surface area contributed by atoms with Crippen LogP contribution in [0.4, 0.5) is 0 Å². The molecule has 0 radical (unpaired) electrons. The summed E-state index contributed by atoms with van der Waals surface area (Å²) in [5, 5.41) is 0. The van der Waals surface area contributed by atoms with Crippen molar-refractivity contribution in [1.29, 1.82) is 0 Å². The highest BCUT2D eigenvalue weighted by Crippen LogP contribution is 2.43. The van der Waals surface area contributed by atoms with Gasteiger partial charge in [0.05, 0.1) is 13.2 Å². The number of allylic oxidation sites excluding steroid dienone is 24. The topological polar surface area (TPSA) is 134 Å². The molecule has 0 saturated heterocycles. The minimum Gasteiger partial charge on any atom is -0.462 e. The van der Waals surface area contributed by atoms with E-state index in [2.05, 4.69) is 160 Å². The fourth-order valence-electron chi connectivity index (χ4n) is 11.4. The van der Waals surface area contributed by atoms with E-state index < -0.39 is 26.5 Å². The molecule has 0 bridgehead atoms. The first-order valence-electron chi connectivity index (χ1n) is 40.3. The van der Waals surface area contributed by atoms with Gasteiger partial charge in [0.15, 0.2) is 6.10 Å². The number of ether oxygens (including phenoxy) is 2. The van der Waals surface area contributed by atoms with Crippen LogP contribution in [-0.4, -0.2) is 49.3 Å². The Morgan fingerprint density at radius 2 is 0.536 bits per heavy atom. The second-order valence-electron chi connectivity index (χ2n) is 26.5. The molecule has 0 aromatic rings. The van der Waals surface area contributed by atoms with Crippen molar-refractivity contribution in [3.63, 3.8) is 0 Å². The lowest BCUT2D eigenvalue weighted by Gasteiger charge is -2.19. The molecule has 0 heterocycles. The molecule has 0 fully saturated rings. The SMILES string of the molecule is CC/C=C\C/C=C\C/C=C\C/C=C\C/C=C\C/C=C\C/C=C\CCCCCCCCCCCCCCCC(=O)OC(COC(=O)CCCCCCCCCCCCCCCCCCCCCCCCCCC/C=C\C/C=C\C/C=C\C/C=C\C/C=C\CC)COP(=O)(O)OCCN.